The number of aromatic amines is 1. The van der Waals surface area contributed by atoms with Crippen molar-refractivity contribution in [3.05, 3.63) is 55.9 Å². The molecule has 8 nitrogen and oxygen atoms in total. The van der Waals surface area contributed by atoms with Gasteiger partial charge in [0, 0.05) is 5.69 Å². The van der Waals surface area contributed by atoms with Gasteiger partial charge >= 0.3 is 5.97 Å². The van der Waals surface area contributed by atoms with E-state index in [1.165, 1.54) is 45.6 Å². The molecule has 3 aromatic heterocycles. The van der Waals surface area contributed by atoms with Crippen LogP contribution in [0.3, 0.4) is 0 Å². The first-order chi connectivity index (χ1) is 15.4. The number of thiophene rings is 1. The van der Waals surface area contributed by atoms with Crippen molar-refractivity contribution in [2.24, 2.45) is 0 Å². The molecule has 1 aromatic carbocycles. The third kappa shape index (κ3) is 4.54. The normalized spacial score (nSPS) is 11.1. The highest BCUT2D eigenvalue weighted by molar-refractivity contribution is 8.00. The van der Waals surface area contributed by atoms with Gasteiger partial charge in [-0.05, 0) is 50.5 Å². The molecule has 0 aliphatic carbocycles. The van der Waals surface area contributed by atoms with Gasteiger partial charge in [0.05, 0.1) is 17.7 Å². The number of fused-ring (bicyclic) bond motifs is 1. The Hall–Kier alpha value is -2.76. The van der Waals surface area contributed by atoms with Gasteiger partial charge in [-0.2, -0.15) is 0 Å². The minimum Gasteiger partial charge on any atom is -0.462 e. The summed E-state index contributed by atoms with van der Waals surface area (Å²) in [5, 5.41) is 12.9. The van der Waals surface area contributed by atoms with Crippen LogP contribution in [0.1, 0.15) is 39.1 Å². The van der Waals surface area contributed by atoms with E-state index in [0.29, 0.717) is 37.4 Å². The van der Waals surface area contributed by atoms with E-state index < -0.39 is 5.97 Å². The molecule has 0 radical (unpaired) electrons. The molecule has 0 spiro atoms. The Balaban J connectivity index is 1.49. The summed E-state index contributed by atoms with van der Waals surface area (Å²) < 4.78 is 5.84. The topological polar surface area (TPSA) is 110 Å². The van der Waals surface area contributed by atoms with Crippen LogP contribution < -0.4 is 10.9 Å². The first kappa shape index (κ1) is 22.4. The summed E-state index contributed by atoms with van der Waals surface area (Å²) in [6.07, 6.45) is 0. The van der Waals surface area contributed by atoms with E-state index in [1.54, 1.807) is 13.8 Å². The van der Waals surface area contributed by atoms with Crippen molar-refractivity contribution in [1.29, 1.82) is 0 Å². The van der Waals surface area contributed by atoms with Gasteiger partial charge in [-0.3, -0.25) is 4.79 Å². The third-order valence-corrected chi connectivity index (χ3v) is 8.04. The summed E-state index contributed by atoms with van der Waals surface area (Å²) in [5.74, 6) is 0.513. The van der Waals surface area contributed by atoms with Crippen molar-refractivity contribution in [2.75, 3.05) is 11.9 Å². The second-order valence-corrected chi connectivity index (χ2v) is 10.2. The average Bonchev–Trinajstić information content (AvgIpc) is 3.34. The maximum Gasteiger partial charge on any atom is 0.348 e. The molecule has 11 heteroatoms. The molecule has 166 valence electrons. The SMILES string of the molecule is CCOC(=O)c1sc2nc(CSc3nnc(Nc4cccc(C)c4C)s3)[nH]c(=O)c2c1C. The fourth-order valence-corrected chi connectivity index (χ4v) is 5.83. The van der Waals surface area contributed by atoms with E-state index in [1.807, 2.05) is 12.1 Å². The lowest BCUT2D eigenvalue weighted by molar-refractivity contribution is 0.0531. The summed E-state index contributed by atoms with van der Waals surface area (Å²) in [4.78, 5) is 33.0. The number of nitrogens with zero attached hydrogens (tertiary/aromatic N) is 3. The largest absolute Gasteiger partial charge is 0.462 e. The van der Waals surface area contributed by atoms with Crippen LogP contribution in [0.2, 0.25) is 0 Å². The van der Waals surface area contributed by atoms with Crippen molar-refractivity contribution in [3.63, 3.8) is 0 Å². The van der Waals surface area contributed by atoms with Gasteiger partial charge in [-0.1, -0.05) is 35.2 Å². The van der Waals surface area contributed by atoms with Gasteiger partial charge in [0.15, 0.2) is 4.34 Å². The Bertz CT molecular complexity index is 1360. The van der Waals surface area contributed by atoms with Crippen LogP contribution in [0.4, 0.5) is 10.8 Å². The van der Waals surface area contributed by atoms with Gasteiger partial charge in [0.2, 0.25) is 5.13 Å². The molecule has 3 heterocycles. The van der Waals surface area contributed by atoms with E-state index in [4.69, 9.17) is 4.74 Å². The number of carbonyl (C=O) groups is 1. The monoisotopic (exact) mass is 487 g/mol. The van der Waals surface area contributed by atoms with E-state index in [9.17, 15) is 9.59 Å². The fraction of sp³-hybridized carbons (Fsp3) is 0.286. The second kappa shape index (κ2) is 9.39. The lowest BCUT2D eigenvalue weighted by Gasteiger charge is -2.08. The molecular weight excluding hydrogens is 466 g/mol. The molecule has 0 atom stereocenters. The van der Waals surface area contributed by atoms with Crippen LogP contribution in [-0.4, -0.2) is 32.7 Å². The van der Waals surface area contributed by atoms with Crippen LogP contribution in [0.25, 0.3) is 10.2 Å². The number of esters is 1. The Morgan fingerprint density at radius 3 is 2.78 bits per heavy atom. The second-order valence-electron chi connectivity index (χ2n) is 7.00. The molecule has 32 heavy (non-hydrogen) atoms. The standard InChI is InChI=1S/C21H21N5O3S3/c1-5-29-19(28)16-12(4)15-17(27)23-14(24-18(15)31-16)9-30-21-26-25-20(32-21)22-13-8-6-7-10(2)11(13)3/h6-8H,5,9H2,1-4H3,(H,22,25)(H,23,24,27). The van der Waals surface area contributed by atoms with Crippen LogP contribution >= 0.6 is 34.4 Å². The summed E-state index contributed by atoms with van der Waals surface area (Å²) in [5.41, 5.74) is 3.71. The molecule has 4 rings (SSSR count). The maximum atomic E-state index is 12.6. The van der Waals surface area contributed by atoms with Crippen LogP contribution in [0, 0.1) is 20.8 Å². The minimum absolute atomic E-state index is 0.260. The quantitative estimate of drug-likeness (QED) is 0.278. The predicted molar refractivity (Wildman–Crippen MR) is 130 cm³/mol. The zero-order chi connectivity index (χ0) is 22.8. The fourth-order valence-electron chi connectivity index (χ4n) is 3.10. The number of hydrogen-bond acceptors (Lipinski definition) is 10. The molecule has 0 aliphatic rings. The molecule has 0 fully saturated rings. The third-order valence-electron chi connectivity index (χ3n) is 4.90. The Morgan fingerprint density at radius 2 is 2.00 bits per heavy atom. The van der Waals surface area contributed by atoms with Crippen molar-refractivity contribution >= 4 is 61.4 Å². The number of thioether (sulfide) groups is 1. The van der Waals surface area contributed by atoms with Crippen LogP contribution in [0.15, 0.2) is 27.3 Å². The Labute approximate surface area is 196 Å². The van der Waals surface area contributed by atoms with Crippen molar-refractivity contribution < 1.29 is 9.53 Å². The van der Waals surface area contributed by atoms with Crippen molar-refractivity contribution in [1.82, 2.24) is 20.2 Å². The maximum absolute atomic E-state index is 12.6. The number of ether oxygens (including phenoxy) is 1. The highest BCUT2D eigenvalue weighted by Gasteiger charge is 2.20. The average molecular weight is 488 g/mol. The smallest absolute Gasteiger partial charge is 0.348 e. The number of anilines is 2. The van der Waals surface area contributed by atoms with E-state index in [0.717, 1.165) is 10.0 Å². The number of hydrogen-bond donors (Lipinski definition) is 2. The lowest BCUT2D eigenvalue weighted by atomic mass is 10.1. The zero-order valence-corrected chi connectivity index (χ0v) is 20.4. The number of H-pyrrole nitrogens is 1. The number of benzene rings is 1. The first-order valence-corrected chi connectivity index (χ1v) is 12.5. The highest BCUT2D eigenvalue weighted by atomic mass is 32.2. The summed E-state index contributed by atoms with van der Waals surface area (Å²) in [6, 6.07) is 6.07. The molecule has 2 N–H and O–H groups in total. The van der Waals surface area contributed by atoms with Gasteiger partial charge < -0.3 is 15.0 Å². The summed E-state index contributed by atoms with van der Waals surface area (Å²) >= 11 is 4.06. The minimum atomic E-state index is -0.430. The molecule has 0 bridgehead atoms. The Morgan fingerprint density at radius 1 is 1.19 bits per heavy atom. The molecule has 0 amide bonds. The van der Waals surface area contributed by atoms with Crippen LogP contribution in [0.5, 0.6) is 0 Å². The summed E-state index contributed by atoms with van der Waals surface area (Å²) in [6.45, 7) is 7.89. The molecule has 0 unspecified atom stereocenters. The number of aryl methyl sites for hydroxylation is 2. The van der Waals surface area contributed by atoms with Crippen molar-refractivity contribution in [3.8, 4) is 0 Å². The highest BCUT2D eigenvalue weighted by Crippen LogP contribution is 2.32. The van der Waals surface area contributed by atoms with Gasteiger partial charge in [-0.25, -0.2) is 9.78 Å². The van der Waals surface area contributed by atoms with E-state index >= 15 is 0 Å². The van der Waals surface area contributed by atoms with Gasteiger partial charge in [0.25, 0.3) is 5.56 Å². The number of aromatic nitrogens is 4. The van der Waals surface area contributed by atoms with E-state index in [-0.39, 0.29) is 12.2 Å². The number of nitrogens with one attached hydrogen (secondary N) is 2. The molecular formula is C21H21N5O3S3. The van der Waals surface area contributed by atoms with Crippen LogP contribution in [-0.2, 0) is 10.5 Å². The molecule has 0 saturated heterocycles. The number of carbonyl (C=O) groups excluding carboxylic acids is 1. The first-order valence-electron chi connectivity index (χ1n) is 9.86. The lowest BCUT2D eigenvalue weighted by Crippen LogP contribution is -2.11. The predicted octanol–water partition coefficient (Wildman–Crippen LogP) is 4.97. The zero-order valence-electron chi connectivity index (χ0n) is 17.9. The van der Waals surface area contributed by atoms with E-state index in [2.05, 4.69) is 45.4 Å². The molecule has 0 aliphatic heterocycles. The Kier molecular flexibility index (Phi) is 6.58. The molecule has 0 saturated carbocycles. The molecule has 4 aromatic rings. The van der Waals surface area contributed by atoms with Crippen molar-refractivity contribution in [2.45, 2.75) is 37.8 Å². The number of rotatable bonds is 7. The van der Waals surface area contributed by atoms with Gasteiger partial charge in [0.1, 0.15) is 15.5 Å². The van der Waals surface area contributed by atoms with Gasteiger partial charge in [-0.15, -0.1) is 21.5 Å². The summed E-state index contributed by atoms with van der Waals surface area (Å²) in [7, 11) is 0.